The van der Waals surface area contributed by atoms with Crippen molar-refractivity contribution in [2.75, 3.05) is 33.7 Å². The second-order valence-electron chi connectivity index (χ2n) is 5.73. The average Bonchev–Trinajstić information content (AvgIpc) is 2.53. The predicted molar refractivity (Wildman–Crippen MR) is 82.5 cm³/mol. The summed E-state index contributed by atoms with van der Waals surface area (Å²) < 4.78 is 0. The van der Waals surface area contributed by atoms with Crippen molar-refractivity contribution in [2.45, 2.75) is 19.9 Å². The summed E-state index contributed by atoms with van der Waals surface area (Å²) in [5, 5.41) is 0. The minimum atomic E-state index is -0.699. The van der Waals surface area contributed by atoms with Crippen LogP contribution in [0.2, 0.25) is 0 Å². The maximum atomic E-state index is 12.8. The van der Waals surface area contributed by atoms with Gasteiger partial charge in [-0.25, -0.2) is 9.97 Å². The summed E-state index contributed by atoms with van der Waals surface area (Å²) in [5.74, 6) is -0.599. The van der Waals surface area contributed by atoms with Gasteiger partial charge in [-0.2, -0.15) is 0 Å². The van der Waals surface area contributed by atoms with Crippen LogP contribution in [0.5, 0.6) is 0 Å². The van der Waals surface area contributed by atoms with E-state index in [9.17, 15) is 14.4 Å². The third kappa shape index (κ3) is 3.46. The maximum Gasteiger partial charge on any atom is 0.258 e. The molecule has 0 aliphatic carbocycles. The Balaban J connectivity index is 2.31. The van der Waals surface area contributed by atoms with Gasteiger partial charge in [-0.3, -0.25) is 14.4 Å². The predicted octanol–water partition coefficient (Wildman–Crippen LogP) is -0.454. The molecular formula is C15H21N5O3. The van der Waals surface area contributed by atoms with E-state index >= 15 is 0 Å². The molecule has 0 aromatic carbocycles. The summed E-state index contributed by atoms with van der Waals surface area (Å²) in [6.45, 7) is 4.10. The zero-order valence-electron chi connectivity index (χ0n) is 13.8. The molecule has 1 aromatic heterocycles. The van der Waals surface area contributed by atoms with Crippen LogP contribution in [-0.4, -0.2) is 82.2 Å². The van der Waals surface area contributed by atoms with E-state index in [-0.39, 0.29) is 24.3 Å². The van der Waals surface area contributed by atoms with Crippen molar-refractivity contribution >= 4 is 17.7 Å². The van der Waals surface area contributed by atoms with Gasteiger partial charge in [0, 0.05) is 40.3 Å². The Morgan fingerprint density at radius 2 is 1.96 bits per heavy atom. The maximum absolute atomic E-state index is 12.8. The van der Waals surface area contributed by atoms with Gasteiger partial charge in [0.1, 0.15) is 12.4 Å². The molecule has 0 radical (unpaired) electrons. The molecule has 1 aliphatic rings. The molecule has 0 spiro atoms. The van der Waals surface area contributed by atoms with Crippen molar-refractivity contribution in [3.63, 3.8) is 0 Å². The molecule has 0 saturated carbocycles. The first-order valence-electron chi connectivity index (χ1n) is 7.37. The molecule has 2 heterocycles. The number of piperazine rings is 1. The van der Waals surface area contributed by atoms with Gasteiger partial charge >= 0.3 is 0 Å². The first kappa shape index (κ1) is 16.9. The Hall–Kier alpha value is -2.51. The number of carbonyl (C=O) groups excluding carboxylic acids is 3. The lowest BCUT2D eigenvalue weighted by Crippen LogP contribution is -2.61. The standard InChI is InChI=1S/C15H21N5O3/c1-10-12(7-16-9-17-10)14(22)20-6-5-19(11(2)21)8-13(20)15(23)18(3)4/h7,9,13H,5-6,8H2,1-4H3. The van der Waals surface area contributed by atoms with E-state index in [1.165, 1.54) is 29.2 Å². The van der Waals surface area contributed by atoms with Crippen LogP contribution in [0.3, 0.4) is 0 Å². The van der Waals surface area contributed by atoms with E-state index in [2.05, 4.69) is 9.97 Å². The largest absolute Gasteiger partial charge is 0.347 e. The fourth-order valence-electron chi connectivity index (χ4n) is 2.58. The van der Waals surface area contributed by atoms with Gasteiger partial charge in [0.25, 0.3) is 5.91 Å². The number of rotatable bonds is 2. The highest BCUT2D eigenvalue weighted by atomic mass is 16.2. The first-order valence-corrected chi connectivity index (χ1v) is 7.37. The van der Waals surface area contributed by atoms with Gasteiger partial charge in [0.05, 0.1) is 17.8 Å². The average molecular weight is 319 g/mol. The number of hydrogen-bond donors (Lipinski definition) is 0. The lowest BCUT2D eigenvalue weighted by Gasteiger charge is -2.41. The molecule has 1 aliphatic heterocycles. The van der Waals surface area contributed by atoms with Gasteiger partial charge in [0.15, 0.2) is 0 Å². The highest BCUT2D eigenvalue weighted by Gasteiger charge is 2.37. The lowest BCUT2D eigenvalue weighted by atomic mass is 10.1. The van der Waals surface area contributed by atoms with Crippen LogP contribution in [0.15, 0.2) is 12.5 Å². The molecule has 1 fully saturated rings. The second kappa shape index (κ2) is 6.72. The fraction of sp³-hybridized carbons (Fsp3) is 0.533. The Morgan fingerprint density at radius 1 is 1.26 bits per heavy atom. The SMILES string of the molecule is CC(=O)N1CCN(C(=O)c2cncnc2C)C(C(=O)N(C)C)C1. The molecule has 2 rings (SSSR count). The second-order valence-corrected chi connectivity index (χ2v) is 5.73. The minimum absolute atomic E-state index is 0.104. The van der Waals surface area contributed by atoms with E-state index in [0.717, 1.165) is 0 Å². The third-order valence-corrected chi connectivity index (χ3v) is 3.95. The smallest absolute Gasteiger partial charge is 0.258 e. The Morgan fingerprint density at radius 3 is 2.52 bits per heavy atom. The number of nitrogens with zero attached hydrogens (tertiary/aromatic N) is 5. The van der Waals surface area contributed by atoms with Crippen LogP contribution in [0.25, 0.3) is 0 Å². The quantitative estimate of drug-likeness (QED) is 0.736. The van der Waals surface area contributed by atoms with Crippen molar-refractivity contribution in [2.24, 2.45) is 0 Å². The molecule has 1 unspecified atom stereocenters. The number of amides is 3. The molecule has 0 N–H and O–H groups in total. The number of likely N-dealkylation sites (N-methyl/N-ethyl adjacent to an activating group) is 1. The molecule has 1 saturated heterocycles. The number of hydrogen-bond acceptors (Lipinski definition) is 5. The molecule has 0 bridgehead atoms. The van der Waals surface area contributed by atoms with Crippen LogP contribution >= 0.6 is 0 Å². The zero-order valence-corrected chi connectivity index (χ0v) is 13.8. The van der Waals surface area contributed by atoms with Crippen molar-refractivity contribution in [1.82, 2.24) is 24.7 Å². The first-order chi connectivity index (χ1) is 10.8. The highest BCUT2D eigenvalue weighted by molar-refractivity contribution is 5.98. The number of aromatic nitrogens is 2. The molecule has 3 amide bonds. The summed E-state index contributed by atoms with van der Waals surface area (Å²) in [4.78, 5) is 49.3. The minimum Gasteiger partial charge on any atom is -0.347 e. The van der Waals surface area contributed by atoms with Crippen LogP contribution in [-0.2, 0) is 9.59 Å². The molecule has 8 heteroatoms. The van der Waals surface area contributed by atoms with E-state index in [4.69, 9.17) is 0 Å². The van der Waals surface area contributed by atoms with Crippen LogP contribution in [0.4, 0.5) is 0 Å². The van der Waals surface area contributed by atoms with Gasteiger partial charge in [0.2, 0.25) is 11.8 Å². The van der Waals surface area contributed by atoms with Gasteiger partial charge < -0.3 is 14.7 Å². The fourth-order valence-corrected chi connectivity index (χ4v) is 2.58. The molecule has 8 nitrogen and oxygen atoms in total. The number of aryl methyl sites for hydroxylation is 1. The van der Waals surface area contributed by atoms with E-state index in [1.807, 2.05) is 0 Å². The molecular weight excluding hydrogens is 298 g/mol. The Kier molecular flexibility index (Phi) is 4.92. The third-order valence-electron chi connectivity index (χ3n) is 3.95. The van der Waals surface area contributed by atoms with Crippen LogP contribution < -0.4 is 0 Å². The molecule has 1 atom stereocenters. The highest BCUT2D eigenvalue weighted by Crippen LogP contribution is 2.17. The summed E-state index contributed by atoms with van der Waals surface area (Å²) >= 11 is 0. The Labute approximate surface area is 135 Å². The summed E-state index contributed by atoms with van der Waals surface area (Å²) in [5.41, 5.74) is 0.940. The van der Waals surface area contributed by atoms with Crippen molar-refractivity contribution in [3.05, 3.63) is 23.8 Å². The zero-order chi connectivity index (χ0) is 17.1. The monoisotopic (exact) mass is 319 g/mol. The van der Waals surface area contributed by atoms with Gasteiger partial charge in [-0.15, -0.1) is 0 Å². The van der Waals surface area contributed by atoms with E-state index in [0.29, 0.717) is 24.3 Å². The topological polar surface area (TPSA) is 86.7 Å². The van der Waals surface area contributed by atoms with E-state index in [1.54, 1.807) is 25.9 Å². The molecule has 1 aromatic rings. The summed E-state index contributed by atoms with van der Waals surface area (Å²) in [6, 6.07) is -0.699. The Bertz CT molecular complexity index is 631. The van der Waals surface area contributed by atoms with Gasteiger partial charge in [-0.1, -0.05) is 0 Å². The van der Waals surface area contributed by atoms with Crippen molar-refractivity contribution < 1.29 is 14.4 Å². The normalized spacial score (nSPS) is 17.8. The van der Waals surface area contributed by atoms with Crippen LogP contribution in [0, 0.1) is 6.92 Å². The molecule has 23 heavy (non-hydrogen) atoms. The van der Waals surface area contributed by atoms with Crippen LogP contribution in [0.1, 0.15) is 23.0 Å². The van der Waals surface area contributed by atoms with Crippen molar-refractivity contribution in [1.29, 1.82) is 0 Å². The van der Waals surface area contributed by atoms with E-state index < -0.39 is 6.04 Å². The summed E-state index contributed by atoms with van der Waals surface area (Å²) in [6.07, 6.45) is 2.83. The van der Waals surface area contributed by atoms with Gasteiger partial charge in [-0.05, 0) is 6.92 Å². The lowest BCUT2D eigenvalue weighted by molar-refractivity contribution is -0.139. The summed E-state index contributed by atoms with van der Waals surface area (Å²) in [7, 11) is 3.27. The number of carbonyl (C=O) groups is 3. The molecule has 124 valence electrons. The van der Waals surface area contributed by atoms with Crippen molar-refractivity contribution in [3.8, 4) is 0 Å².